The molecular weight excluding hydrogens is 470 g/mol. The molecule has 0 saturated carbocycles. The summed E-state index contributed by atoms with van der Waals surface area (Å²) in [5.41, 5.74) is -0.170. The van der Waals surface area contributed by atoms with Gasteiger partial charge >= 0.3 is 18.5 Å². The van der Waals surface area contributed by atoms with Crippen molar-refractivity contribution in [2.24, 2.45) is 0 Å². The van der Waals surface area contributed by atoms with E-state index in [1.165, 1.54) is 24.3 Å². The Labute approximate surface area is 188 Å². The Hall–Kier alpha value is -4.03. The van der Waals surface area contributed by atoms with Gasteiger partial charge in [0.1, 0.15) is 18.1 Å². The maximum absolute atomic E-state index is 13.1. The van der Waals surface area contributed by atoms with Crippen molar-refractivity contribution in [1.82, 2.24) is 9.97 Å². The van der Waals surface area contributed by atoms with Crippen molar-refractivity contribution in [3.8, 4) is 17.0 Å². The minimum Gasteiger partial charge on any atom is -0.480 e. The van der Waals surface area contributed by atoms with Gasteiger partial charge in [-0.05, 0) is 36.8 Å². The molecule has 0 saturated heterocycles. The number of aliphatic carboxylic acids is 1. The first-order valence-electron chi connectivity index (χ1n) is 9.46. The van der Waals surface area contributed by atoms with Crippen molar-refractivity contribution in [2.75, 3.05) is 17.2 Å². The van der Waals surface area contributed by atoms with Crippen LogP contribution in [0.2, 0.25) is 0 Å². The summed E-state index contributed by atoms with van der Waals surface area (Å²) in [6.07, 6.45) is -9.51. The smallest absolute Gasteiger partial charge is 0.480 e. The first-order valence-corrected chi connectivity index (χ1v) is 9.46. The minimum absolute atomic E-state index is 0.0255. The van der Waals surface area contributed by atoms with Crippen LogP contribution in [-0.4, -0.2) is 34.0 Å². The third-order valence-electron chi connectivity index (χ3n) is 4.31. The molecule has 3 aromatic rings. The van der Waals surface area contributed by atoms with Crippen molar-refractivity contribution in [3.05, 3.63) is 59.7 Å². The Morgan fingerprint density at radius 3 is 2.41 bits per heavy atom. The number of carboxylic acid groups (broad SMARTS) is 1. The first kappa shape index (κ1) is 24.6. The number of halogens is 6. The van der Waals surface area contributed by atoms with E-state index in [-0.39, 0.29) is 28.7 Å². The maximum Gasteiger partial charge on any atom is 0.573 e. The Bertz CT molecular complexity index is 1200. The van der Waals surface area contributed by atoms with Crippen LogP contribution in [-0.2, 0) is 11.0 Å². The Balaban J connectivity index is 2.02. The molecule has 1 aromatic heterocycles. The number of nitrogens with zero attached hydrogens (tertiary/aromatic N) is 2. The maximum atomic E-state index is 13.1. The second kappa shape index (κ2) is 9.45. The highest BCUT2D eigenvalue weighted by Gasteiger charge is 2.32. The number of alkyl halides is 6. The number of anilines is 3. The van der Waals surface area contributed by atoms with Crippen molar-refractivity contribution < 1.29 is 41.0 Å². The fraction of sp³-hybridized carbons (Fsp3) is 0.190. The van der Waals surface area contributed by atoms with Gasteiger partial charge in [-0.3, -0.25) is 4.79 Å². The second-order valence-corrected chi connectivity index (χ2v) is 6.94. The third kappa shape index (κ3) is 6.73. The van der Waals surface area contributed by atoms with Crippen LogP contribution in [0.25, 0.3) is 11.3 Å². The van der Waals surface area contributed by atoms with Crippen LogP contribution in [0.4, 0.5) is 43.8 Å². The molecule has 34 heavy (non-hydrogen) atoms. The van der Waals surface area contributed by atoms with Crippen LogP contribution in [0.3, 0.4) is 0 Å². The first-order chi connectivity index (χ1) is 15.8. The summed E-state index contributed by atoms with van der Waals surface area (Å²) in [5.74, 6) is -2.00. The number of benzene rings is 2. The van der Waals surface area contributed by atoms with Crippen molar-refractivity contribution >= 4 is 23.4 Å². The van der Waals surface area contributed by atoms with E-state index in [4.69, 9.17) is 5.11 Å². The van der Waals surface area contributed by atoms with E-state index < -0.39 is 36.4 Å². The van der Waals surface area contributed by atoms with Gasteiger partial charge in [0.25, 0.3) is 0 Å². The van der Waals surface area contributed by atoms with E-state index in [0.29, 0.717) is 5.56 Å². The lowest BCUT2D eigenvalue weighted by Gasteiger charge is -2.15. The van der Waals surface area contributed by atoms with Gasteiger partial charge in [0.15, 0.2) is 0 Å². The van der Waals surface area contributed by atoms with Gasteiger partial charge in [0.05, 0.1) is 11.3 Å². The molecule has 2 aromatic carbocycles. The lowest BCUT2D eigenvalue weighted by Crippen LogP contribution is -2.17. The molecule has 0 fully saturated rings. The van der Waals surface area contributed by atoms with Gasteiger partial charge in [0, 0.05) is 17.3 Å². The fourth-order valence-corrected chi connectivity index (χ4v) is 2.82. The molecule has 3 N–H and O–H groups in total. The number of aryl methyl sites for hydroxylation is 1. The summed E-state index contributed by atoms with van der Waals surface area (Å²) in [7, 11) is 0. The van der Waals surface area contributed by atoms with Crippen LogP contribution in [0.1, 0.15) is 11.1 Å². The molecule has 0 aliphatic rings. The monoisotopic (exact) mass is 486 g/mol. The van der Waals surface area contributed by atoms with Crippen LogP contribution in [0, 0.1) is 6.92 Å². The molecule has 0 unspecified atom stereocenters. The second-order valence-electron chi connectivity index (χ2n) is 6.94. The average Bonchev–Trinajstić information content (AvgIpc) is 2.72. The molecule has 7 nitrogen and oxygen atoms in total. The number of carboxylic acids is 1. The number of hydrogen-bond donors (Lipinski definition) is 3. The summed E-state index contributed by atoms with van der Waals surface area (Å²) in [6, 6.07) is 9.17. The van der Waals surface area contributed by atoms with E-state index in [2.05, 4.69) is 25.3 Å². The zero-order valence-corrected chi connectivity index (χ0v) is 17.3. The van der Waals surface area contributed by atoms with Crippen molar-refractivity contribution in [2.45, 2.75) is 19.5 Å². The van der Waals surface area contributed by atoms with Gasteiger partial charge in [-0.2, -0.15) is 18.2 Å². The summed E-state index contributed by atoms with van der Waals surface area (Å²) in [6.45, 7) is 0.981. The van der Waals surface area contributed by atoms with Gasteiger partial charge in [-0.1, -0.05) is 18.2 Å². The standard InChI is InChI=1S/C21H16F6N4O3/c1-11-5-6-13(20(22,23)24)8-15(11)29-17-9-16(30-19(31-17)28-10-18(32)33)12-3-2-4-14(7-12)34-21(25,26)27/h2-9H,10H2,1H3,(H,32,33)(H2,28,29,30,31). The predicted octanol–water partition coefficient (Wildman–Crippen LogP) is 5.61. The molecule has 180 valence electrons. The van der Waals surface area contributed by atoms with Crippen LogP contribution >= 0.6 is 0 Å². The molecular formula is C21H16F6N4O3. The lowest BCUT2D eigenvalue weighted by atomic mass is 10.1. The Morgan fingerprint density at radius 1 is 1.03 bits per heavy atom. The van der Waals surface area contributed by atoms with Gasteiger partial charge in [-0.25, -0.2) is 4.98 Å². The topological polar surface area (TPSA) is 96.4 Å². The van der Waals surface area contributed by atoms with E-state index in [9.17, 15) is 31.1 Å². The molecule has 0 atom stereocenters. The predicted molar refractivity (Wildman–Crippen MR) is 110 cm³/mol. The normalized spacial score (nSPS) is 11.7. The number of ether oxygens (including phenoxy) is 1. The molecule has 0 aliphatic carbocycles. The quantitative estimate of drug-likeness (QED) is 0.374. The van der Waals surface area contributed by atoms with Crippen LogP contribution < -0.4 is 15.4 Å². The summed E-state index contributed by atoms with van der Waals surface area (Å²) in [5, 5.41) is 14.0. The fourth-order valence-electron chi connectivity index (χ4n) is 2.82. The van der Waals surface area contributed by atoms with Crippen molar-refractivity contribution in [3.63, 3.8) is 0 Å². The van der Waals surface area contributed by atoms with Gasteiger partial charge in [0.2, 0.25) is 5.95 Å². The van der Waals surface area contributed by atoms with E-state index in [1.54, 1.807) is 6.92 Å². The molecule has 0 bridgehead atoms. The molecule has 0 aliphatic heterocycles. The average molecular weight is 486 g/mol. The lowest BCUT2D eigenvalue weighted by molar-refractivity contribution is -0.274. The van der Waals surface area contributed by atoms with E-state index >= 15 is 0 Å². The highest BCUT2D eigenvalue weighted by Crippen LogP contribution is 2.34. The van der Waals surface area contributed by atoms with Gasteiger partial charge < -0.3 is 20.5 Å². The largest absolute Gasteiger partial charge is 0.573 e. The highest BCUT2D eigenvalue weighted by atomic mass is 19.4. The number of nitrogens with one attached hydrogen (secondary N) is 2. The summed E-state index contributed by atoms with van der Waals surface area (Å²) < 4.78 is 80.9. The number of hydrogen-bond acceptors (Lipinski definition) is 6. The summed E-state index contributed by atoms with van der Waals surface area (Å²) >= 11 is 0. The SMILES string of the molecule is Cc1ccc(C(F)(F)F)cc1Nc1cc(-c2cccc(OC(F)(F)F)c2)nc(NCC(=O)O)n1. The summed E-state index contributed by atoms with van der Waals surface area (Å²) in [4.78, 5) is 19.0. The molecule has 13 heteroatoms. The third-order valence-corrected chi connectivity index (χ3v) is 4.31. The minimum atomic E-state index is -4.92. The van der Waals surface area contributed by atoms with Gasteiger partial charge in [-0.15, -0.1) is 13.2 Å². The Kier molecular flexibility index (Phi) is 6.84. The zero-order chi connectivity index (χ0) is 25.1. The molecule has 0 spiro atoms. The number of aromatic nitrogens is 2. The van der Waals surface area contributed by atoms with Crippen LogP contribution in [0.5, 0.6) is 5.75 Å². The van der Waals surface area contributed by atoms with Crippen molar-refractivity contribution in [1.29, 1.82) is 0 Å². The molecule has 0 radical (unpaired) electrons. The number of rotatable bonds is 7. The van der Waals surface area contributed by atoms with E-state index in [0.717, 1.165) is 24.3 Å². The highest BCUT2D eigenvalue weighted by molar-refractivity contribution is 5.73. The zero-order valence-electron chi connectivity index (χ0n) is 17.3. The molecule has 1 heterocycles. The molecule has 0 amide bonds. The number of carbonyl (C=O) groups is 1. The van der Waals surface area contributed by atoms with Crippen LogP contribution in [0.15, 0.2) is 48.5 Å². The Morgan fingerprint density at radius 2 is 1.76 bits per heavy atom. The van der Waals surface area contributed by atoms with E-state index in [1.807, 2.05) is 0 Å². The molecule has 3 rings (SSSR count).